The molecular weight excluding hydrogens is 356 g/mol. The standard InChI is InChI=1S/C21H22N4O3/c1-13-6-8-15-19(11-13)28-21(23-15)24-20-22-16-12-14(7-9-17(16)25(20)2)18(26)5-4-10-27-3/h6-9,11-12H,4-5,10H2,1-3H3,(H,22,23,24). The molecule has 2 aromatic carbocycles. The molecule has 2 aromatic heterocycles. The van der Waals surface area contributed by atoms with Crippen LogP contribution in [0, 0.1) is 6.92 Å². The van der Waals surface area contributed by atoms with Gasteiger partial charge in [0, 0.05) is 32.7 Å². The molecule has 0 unspecified atom stereocenters. The van der Waals surface area contributed by atoms with Gasteiger partial charge in [-0.05, 0) is 49.2 Å². The summed E-state index contributed by atoms with van der Waals surface area (Å²) in [5, 5.41) is 3.13. The minimum Gasteiger partial charge on any atom is -0.423 e. The van der Waals surface area contributed by atoms with E-state index >= 15 is 0 Å². The fourth-order valence-corrected chi connectivity index (χ4v) is 3.19. The summed E-state index contributed by atoms with van der Waals surface area (Å²) in [5.41, 5.74) is 4.95. The van der Waals surface area contributed by atoms with Gasteiger partial charge in [0.2, 0.25) is 5.95 Å². The third kappa shape index (κ3) is 3.48. The Morgan fingerprint density at radius 3 is 2.86 bits per heavy atom. The fourth-order valence-electron chi connectivity index (χ4n) is 3.19. The molecule has 0 spiro atoms. The van der Waals surface area contributed by atoms with Crippen LogP contribution in [0.4, 0.5) is 12.0 Å². The number of imidazole rings is 1. The molecule has 144 valence electrons. The van der Waals surface area contributed by atoms with Crippen molar-refractivity contribution in [3.63, 3.8) is 0 Å². The summed E-state index contributed by atoms with van der Waals surface area (Å²) < 4.78 is 12.7. The number of hydrogen-bond donors (Lipinski definition) is 1. The maximum absolute atomic E-state index is 12.3. The zero-order valence-corrected chi connectivity index (χ0v) is 16.2. The average Bonchev–Trinajstić information content (AvgIpc) is 3.21. The molecule has 2 heterocycles. The number of anilines is 2. The first kappa shape index (κ1) is 18.2. The van der Waals surface area contributed by atoms with Crippen LogP contribution in [0.2, 0.25) is 0 Å². The number of hydrogen-bond acceptors (Lipinski definition) is 6. The number of ketones is 1. The van der Waals surface area contributed by atoms with Gasteiger partial charge < -0.3 is 13.7 Å². The number of aromatic nitrogens is 3. The van der Waals surface area contributed by atoms with Gasteiger partial charge in [-0.3, -0.25) is 10.1 Å². The van der Waals surface area contributed by atoms with Crippen molar-refractivity contribution in [3.05, 3.63) is 47.5 Å². The Bertz CT molecular complexity index is 1160. The molecule has 28 heavy (non-hydrogen) atoms. The van der Waals surface area contributed by atoms with Crippen LogP contribution in [0.5, 0.6) is 0 Å². The van der Waals surface area contributed by atoms with Gasteiger partial charge in [0.05, 0.1) is 11.0 Å². The second kappa shape index (κ2) is 7.44. The molecule has 0 bridgehead atoms. The van der Waals surface area contributed by atoms with E-state index in [9.17, 15) is 4.79 Å². The maximum atomic E-state index is 12.3. The van der Waals surface area contributed by atoms with Crippen molar-refractivity contribution >= 4 is 39.9 Å². The van der Waals surface area contributed by atoms with Crippen molar-refractivity contribution in [2.75, 3.05) is 19.0 Å². The van der Waals surface area contributed by atoms with E-state index in [0.29, 0.717) is 37.0 Å². The summed E-state index contributed by atoms with van der Waals surface area (Å²) in [4.78, 5) is 21.4. The second-order valence-corrected chi connectivity index (χ2v) is 6.83. The predicted molar refractivity (Wildman–Crippen MR) is 108 cm³/mol. The Morgan fingerprint density at radius 1 is 1.18 bits per heavy atom. The molecule has 0 atom stereocenters. The summed E-state index contributed by atoms with van der Waals surface area (Å²) in [6.45, 7) is 2.59. The average molecular weight is 378 g/mol. The van der Waals surface area contributed by atoms with Gasteiger partial charge in [0.25, 0.3) is 0 Å². The van der Waals surface area contributed by atoms with Crippen molar-refractivity contribution in [2.45, 2.75) is 19.8 Å². The van der Waals surface area contributed by atoms with Gasteiger partial charge in [-0.15, -0.1) is 0 Å². The van der Waals surface area contributed by atoms with E-state index in [1.165, 1.54) is 0 Å². The topological polar surface area (TPSA) is 82.2 Å². The van der Waals surface area contributed by atoms with Gasteiger partial charge >= 0.3 is 6.01 Å². The Labute approximate surface area is 162 Å². The van der Waals surface area contributed by atoms with Gasteiger partial charge in [-0.25, -0.2) is 4.98 Å². The van der Waals surface area contributed by atoms with Crippen LogP contribution < -0.4 is 5.32 Å². The quantitative estimate of drug-likeness (QED) is 0.380. The first-order valence-electron chi connectivity index (χ1n) is 9.18. The van der Waals surface area contributed by atoms with Crippen LogP contribution in [-0.2, 0) is 11.8 Å². The minimum absolute atomic E-state index is 0.0911. The number of carbonyl (C=O) groups is 1. The zero-order valence-electron chi connectivity index (χ0n) is 16.2. The molecule has 0 radical (unpaired) electrons. The Hall–Kier alpha value is -3.19. The Morgan fingerprint density at radius 2 is 2.04 bits per heavy atom. The normalized spacial score (nSPS) is 11.4. The van der Waals surface area contributed by atoms with Crippen LogP contribution in [0.3, 0.4) is 0 Å². The molecule has 0 saturated heterocycles. The highest BCUT2D eigenvalue weighted by molar-refractivity contribution is 5.99. The van der Waals surface area contributed by atoms with E-state index in [0.717, 1.165) is 27.7 Å². The monoisotopic (exact) mass is 378 g/mol. The third-order valence-electron chi connectivity index (χ3n) is 4.72. The summed E-state index contributed by atoms with van der Waals surface area (Å²) >= 11 is 0. The van der Waals surface area contributed by atoms with E-state index in [2.05, 4.69) is 15.3 Å². The highest BCUT2D eigenvalue weighted by atomic mass is 16.5. The first-order valence-corrected chi connectivity index (χ1v) is 9.18. The summed E-state index contributed by atoms with van der Waals surface area (Å²) in [5.74, 6) is 0.690. The lowest BCUT2D eigenvalue weighted by Gasteiger charge is -2.02. The lowest BCUT2D eigenvalue weighted by molar-refractivity contribution is 0.0963. The highest BCUT2D eigenvalue weighted by Gasteiger charge is 2.14. The van der Waals surface area contributed by atoms with E-state index in [1.54, 1.807) is 7.11 Å². The number of aryl methyl sites for hydroxylation is 2. The number of nitrogens with zero attached hydrogens (tertiary/aromatic N) is 3. The fraction of sp³-hybridized carbons (Fsp3) is 0.286. The Balaban J connectivity index is 1.60. The van der Waals surface area contributed by atoms with Crippen LogP contribution in [0.1, 0.15) is 28.8 Å². The van der Waals surface area contributed by atoms with Crippen molar-refractivity contribution in [1.29, 1.82) is 0 Å². The Kier molecular flexibility index (Phi) is 4.83. The van der Waals surface area contributed by atoms with Crippen LogP contribution >= 0.6 is 0 Å². The van der Waals surface area contributed by atoms with Crippen LogP contribution in [0.15, 0.2) is 40.8 Å². The molecule has 7 nitrogen and oxygen atoms in total. The lowest BCUT2D eigenvalue weighted by atomic mass is 10.1. The van der Waals surface area contributed by atoms with Gasteiger partial charge in [-0.1, -0.05) is 6.07 Å². The largest absolute Gasteiger partial charge is 0.423 e. The number of ether oxygens (including phenoxy) is 1. The molecule has 1 N–H and O–H groups in total. The van der Waals surface area contributed by atoms with Crippen molar-refractivity contribution in [2.24, 2.45) is 7.05 Å². The van der Waals surface area contributed by atoms with E-state index in [4.69, 9.17) is 9.15 Å². The van der Waals surface area contributed by atoms with Gasteiger partial charge in [0.1, 0.15) is 5.52 Å². The van der Waals surface area contributed by atoms with Crippen LogP contribution in [0.25, 0.3) is 22.1 Å². The summed E-state index contributed by atoms with van der Waals surface area (Å²) in [6.07, 6.45) is 1.17. The number of fused-ring (bicyclic) bond motifs is 2. The molecule has 0 aliphatic heterocycles. The maximum Gasteiger partial charge on any atom is 0.302 e. The lowest BCUT2D eigenvalue weighted by Crippen LogP contribution is -2.01. The van der Waals surface area contributed by atoms with E-state index in [-0.39, 0.29) is 5.78 Å². The van der Waals surface area contributed by atoms with Crippen molar-refractivity contribution < 1.29 is 13.9 Å². The molecule has 0 amide bonds. The molecule has 0 saturated carbocycles. The predicted octanol–water partition coefficient (Wildman–Crippen LogP) is 4.38. The summed E-state index contributed by atoms with van der Waals surface area (Å²) in [6, 6.07) is 11.8. The third-order valence-corrected chi connectivity index (χ3v) is 4.72. The van der Waals surface area contributed by atoms with Gasteiger partial charge in [0.15, 0.2) is 11.4 Å². The number of methoxy groups -OCH3 is 1. The molecule has 7 heteroatoms. The number of nitrogens with one attached hydrogen (secondary N) is 1. The zero-order chi connectivity index (χ0) is 19.7. The number of rotatable bonds is 7. The number of oxazole rings is 1. The number of benzene rings is 2. The summed E-state index contributed by atoms with van der Waals surface area (Å²) in [7, 11) is 3.54. The smallest absolute Gasteiger partial charge is 0.302 e. The first-order chi connectivity index (χ1) is 13.5. The molecule has 4 aromatic rings. The SMILES string of the molecule is COCCCC(=O)c1ccc2c(c1)nc(Nc1nc3ccc(C)cc3o1)n2C. The van der Waals surface area contributed by atoms with Crippen molar-refractivity contribution in [1.82, 2.24) is 14.5 Å². The van der Waals surface area contributed by atoms with Gasteiger partial charge in [-0.2, -0.15) is 4.98 Å². The van der Waals surface area contributed by atoms with E-state index < -0.39 is 0 Å². The number of carbonyl (C=O) groups excluding carboxylic acids is 1. The minimum atomic E-state index is 0.0911. The molecule has 0 aliphatic carbocycles. The second-order valence-electron chi connectivity index (χ2n) is 6.83. The molecule has 4 rings (SSSR count). The number of Topliss-reactive ketones (excluding diaryl/α,β-unsaturated/α-hetero) is 1. The molecular formula is C21H22N4O3. The van der Waals surface area contributed by atoms with Crippen molar-refractivity contribution in [3.8, 4) is 0 Å². The highest BCUT2D eigenvalue weighted by Crippen LogP contribution is 2.25. The van der Waals surface area contributed by atoms with E-state index in [1.807, 2.05) is 54.9 Å². The molecule has 0 fully saturated rings. The molecule has 0 aliphatic rings. The van der Waals surface area contributed by atoms with Crippen LogP contribution in [-0.4, -0.2) is 34.0 Å².